The third-order valence-corrected chi connectivity index (χ3v) is 2.83. The average molecular weight is 235 g/mol. The van der Waals surface area contributed by atoms with E-state index in [1.165, 1.54) is 6.08 Å². The molecule has 1 aromatic rings. The van der Waals surface area contributed by atoms with Crippen LogP contribution in [0.15, 0.2) is 17.1 Å². The third kappa shape index (κ3) is 1.74. The molecule has 3 N–H and O–H groups in total. The summed E-state index contributed by atoms with van der Waals surface area (Å²) in [7, 11) is 0. The number of carbonyl (C=O) groups is 1. The molecule has 6 nitrogen and oxygen atoms in total. The van der Waals surface area contributed by atoms with E-state index < -0.39 is 17.3 Å². The Bertz CT molecular complexity index is 541. The Hall–Kier alpha value is -2.33. The van der Waals surface area contributed by atoms with Crippen LogP contribution in [0.4, 0.5) is 0 Å². The van der Waals surface area contributed by atoms with Crippen LogP contribution < -0.4 is 0 Å². The van der Waals surface area contributed by atoms with Crippen LogP contribution in [0.1, 0.15) is 28.8 Å². The maximum absolute atomic E-state index is 10.8. The topological polar surface area (TPSA) is 107 Å². The summed E-state index contributed by atoms with van der Waals surface area (Å²) in [6.07, 6.45) is 2.50. The number of isocyanates is 1. The van der Waals surface area contributed by atoms with E-state index in [1.54, 1.807) is 0 Å². The van der Waals surface area contributed by atoms with Gasteiger partial charge in [-0.2, -0.15) is 4.99 Å². The Morgan fingerprint density at radius 1 is 1.29 bits per heavy atom. The lowest BCUT2D eigenvalue weighted by molar-refractivity contribution is 0.0693. The Labute approximate surface area is 95.9 Å². The number of carbonyl (C=O) groups excluding carboxylic acids is 1. The SMILES string of the molecule is O=C=NC1(c2cc(C(=O)O)c(O)cc2O)CC1. The molecule has 17 heavy (non-hydrogen) atoms. The van der Waals surface area contributed by atoms with E-state index in [0.717, 1.165) is 12.1 Å². The van der Waals surface area contributed by atoms with Crippen LogP contribution in [0.3, 0.4) is 0 Å². The van der Waals surface area contributed by atoms with Crippen molar-refractivity contribution in [1.82, 2.24) is 0 Å². The minimum Gasteiger partial charge on any atom is -0.507 e. The number of benzene rings is 1. The summed E-state index contributed by atoms with van der Waals surface area (Å²) in [4.78, 5) is 24.7. The van der Waals surface area contributed by atoms with E-state index in [-0.39, 0.29) is 16.9 Å². The third-order valence-electron chi connectivity index (χ3n) is 2.83. The number of aromatic carboxylic acids is 1. The lowest BCUT2D eigenvalue weighted by Crippen LogP contribution is -2.06. The Morgan fingerprint density at radius 3 is 2.41 bits per heavy atom. The maximum atomic E-state index is 10.8. The second-order valence-electron chi connectivity index (χ2n) is 3.93. The number of nitrogens with zero attached hydrogens (tertiary/aromatic N) is 1. The van der Waals surface area contributed by atoms with Crippen LogP contribution in [0.5, 0.6) is 11.5 Å². The van der Waals surface area contributed by atoms with E-state index >= 15 is 0 Å². The molecule has 0 amide bonds. The summed E-state index contributed by atoms with van der Waals surface area (Å²) in [5.41, 5.74) is -0.967. The molecular formula is C11H9NO5. The molecule has 0 aromatic heterocycles. The van der Waals surface area contributed by atoms with E-state index in [1.807, 2.05) is 0 Å². The average Bonchev–Trinajstić information content (AvgIpc) is 2.98. The molecule has 0 heterocycles. The summed E-state index contributed by atoms with van der Waals surface area (Å²) in [5.74, 6) is -2.11. The molecule has 1 saturated carbocycles. The van der Waals surface area contributed by atoms with Crippen molar-refractivity contribution < 1.29 is 24.9 Å². The standard InChI is InChI=1S/C11H9NO5/c13-5-12-11(1-2-11)7-3-6(10(16)17)8(14)4-9(7)15/h3-4,14-15H,1-2H2,(H,16,17). The minimum atomic E-state index is -1.31. The second kappa shape index (κ2) is 3.61. The molecule has 0 unspecified atom stereocenters. The van der Waals surface area contributed by atoms with Gasteiger partial charge in [-0.05, 0) is 18.9 Å². The van der Waals surface area contributed by atoms with Gasteiger partial charge in [0.25, 0.3) is 0 Å². The van der Waals surface area contributed by atoms with Crippen molar-refractivity contribution in [2.75, 3.05) is 0 Å². The first-order valence-electron chi connectivity index (χ1n) is 4.89. The monoisotopic (exact) mass is 235 g/mol. The number of hydrogen-bond acceptors (Lipinski definition) is 5. The van der Waals surface area contributed by atoms with Gasteiger partial charge < -0.3 is 15.3 Å². The Morgan fingerprint density at radius 2 is 1.94 bits per heavy atom. The predicted molar refractivity (Wildman–Crippen MR) is 55.8 cm³/mol. The van der Waals surface area contributed by atoms with E-state index in [2.05, 4.69) is 4.99 Å². The predicted octanol–water partition coefficient (Wildman–Crippen LogP) is 1.12. The van der Waals surface area contributed by atoms with Gasteiger partial charge in [-0.25, -0.2) is 9.59 Å². The molecule has 0 bridgehead atoms. The fourth-order valence-electron chi connectivity index (χ4n) is 1.77. The Kier molecular flexibility index (Phi) is 2.37. The number of phenols is 2. The van der Waals surface area contributed by atoms with Crippen LogP contribution in [-0.2, 0) is 10.3 Å². The minimum absolute atomic E-state index is 0.232. The highest BCUT2D eigenvalue weighted by Gasteiger charge is 2.47. The number of carboxylic acid groups (broad SMARTS) is 1. The Balaban J connectivity index is 2.59. The maximum Gasteiger partial charge on any atom is 0.339 e. The molecule has 0 spiro atoms. The van der Waals surface area contributed by atoms with Gasteiger partial charge in [-0.1, -0.05) is 0 Å². The summed E-state index contributed by atoms with van der Waals surface area (Å²) >= 11 is 0. The lowest BCUT2D eigenvalue weighted by Gasteiger charge is -2.12. The van der Waals surface area contributed by atoms with Crippen molar-refractivity contribution in [3.05, 3.63) is 23.3 Å². The molecule has 0 atom stereocenters. The van der Waals surface area contributed by atoms with Crippen LogP contribution in [0.25, 0.3) is 0 Å². The molecule has 0 radical (unpaired) electrons. The lowest BCUT2D eigenvalue weighted by atomic mass is 10.0. The fourth-order valence-corrected chi connectivity index (χ4v) is 1.77. The molecule has 1 fully saturated rings. The number of rotatable bonds is 3. The first-order valence-corrected chi connectivity index (χ1v) is 4.89. The molecule has 2 rings (SSSR count). The largest absolute Gasteiger partial charge is 0.507 e. The summed E-state index contributed by atoms with van der Waals surface area (Å²) in [6, 6.07) is 2.08. The summed E-state index contributed by atoms with van der Waals surface area (Å²) in [6.45, 7) is 0. The van der Waals surface area contributed by atoms with Crippen molar-refractivity contribution in [3.63, 3.8) is 0 Å². The van der Waals surface area contributed by atoms with Crippen molar-refractivity contribution in [2.45, 2.75) is 18.4 Å². The number of aromatic hydroxyl groups is 2. The van der Waals surface area contributed by atoms with Crippen molar-refractivity contribution in [3.8, 4) is 11.5 Å². The summed E-state index contributed by atoms with van der Waals surface area (Å²) in [5, 5.41) is 27.9. The first kappa shape index (κ1) is 11.2. The molecular weight excluding hydrogens is 226 g/mol. The summed E-state index contributed by atoms with van der Waals surface area (Å²) < 4.78 is 0. The molecule has 1 aromatic carbocycles. The fraction of sp³-hybridized carbons (Fsp3) is 0.273. The first-order chi connectivity index (χ1) is 8.00. The van der Waals surface area contributed by atoms with Crippen LogP contribution >= 0.6 is 0 Å². The van der Waals surface area contributed by atoms with Gasteiger partial charge in [-0.3, -0.25) is 0 Å². The van der Waals surface area contributed by atoms with Crippen LogP contribution in [0.2, 0.25) is 0 Å². The van der Waals surface area contributed by atoms with Gasteiger partial charge in [0.05, 0.1) is 0 Å². The number of carboxylic acids is 1. The van der Waals surface area contributed by atoms with Gasteiger partial charge in [0.1, 0.15) is 22.6 Å². The zero-order chi connectivity index (χ0) is 12.6. The molecule has 0 aliphatic heterocycles. The number of phenolic OH excluding ortho intramolecular Hbond substituents is 1. The van der Waals surface area contributed by atoms with E-state index in [0.29, 0.717) is 12.8 Å². The van der Waals surface area contributed by atoms with E-state index in [4.69, 9.17) is 5.11 Å². The highest BCUT2D eigenvalue weighted by molar-refractivity contribution is 5.91. The van der Waals surface area contributed by atoms with Crippen molar-refractivity contribution in [2.24, 2.45) is 4.99 Å². The van der Waals surface area contributed by atoms with Gasteiger partial charge in [0.15, 0.2) is 0 Å². The van der Waals surface area contributed by atoms with Gasteiger partial charge in [0, 0.05) is 11.6 Å². The van der Waals surface area contributed by atoms with Crippen LogP contribution in [-0.4, -0.2) is 27.4 Å². The van der Waals surface area contributed by atoms with Crippen LogP contribution in [0, 0.1) is 0 Å². The van der Waals surface area contributed by atoms with Crippen molar-refractivity contribution >= 4 is 12.0 Å². The molecule has 1 aliphatic carbocycles. The zero-order valence-corrected chi connectivity index (χ0v) is 8.67. The normalized spacial score (nSPS) is 16.0. The smallest absolute Gasteiger partial charge is 0.339 e. The van der Waals surface area contributed by atoms with Gasteiger partial charge >= 0.3 is 5.97 Å². The van der Waals surface area contributed by atoms with Gasteiger partial charge in [-0.15, -0.1) is 0 Å². The number of hydrogen-bond donors (Lipinski definition) is 3. The highest BCUT2D eigenvalue weighted by Crippen LogP contribution is 2.53. The molecule has 1 aliphatic rings. The quantitative estimate of drug-likeness (QED) is 0.537. The molecule has 88 valence electrons. The highest BCUT2D eigenvalue weighted by atomic mass is 16.4. The number of aliphatic imine (C=N–C) groups is 1. The molecule has 6 heteroatoms. The van der Waals surface area contributed by atoms with Crippen molar-refractivity contribution in [1.29, 1.82) is 0 Å². The molecule has 0 saturated heterocycles. The van der Waals surface area contributed by atoms with Gasteiger partial charge in [0.2, 0.25) is 6.08 Å². The van der Waals surface area contributed by atoms with E-state index in [9.17, 15) is 19.8 Å². The second-order valence-corrected chi connectivity index (χ2v) is 3.93. The zero-order valence-electron chi connectivity index (χ0n) is 8.67.